The Hall–Kier alpha value is -1.68. The van der Waals surface area contributed by atoms with Gasteiger partial charge in [-0.3, -0.25) is 4.79 Å². The van der Waals surface area contributed by atoms with Crippen LogP contribution in [0.3, 0.4) is 0 Å². The van der Waals surface area contributed by atoms with Gasteiger partial charge in [0.25, 0.3) is 0 Å². The Morgan fingerprint density at radius 1 is 1.21 bits per heavy atom. The van der Waals surface area contributed by atoms with Gasteiger partial charge in [-0.1, -0.05) is 41.7 Å². The maximum atomic E-state index is 11.2. The van der Waals surface area contributed by atoms with Crippen LogP contribution in [0.25, 0.3) is 11.3 Å². The van der Waals surface area contributed by atoms with Crippen LogP contribution in [0.1, 0.15) is 0 Å². The van der Waals surface area contributed by atoms with Crippen molar-refractivity contribution < 1.29 is 0 Å². The van der Waals surface area contributed by atoms with Gasteiger partial charge in [-0.25, -0.2) is 4.98 Å². The first-order chi connectivity index (χ1) is 6.75. The first-order valence-corrected chi connectivity index (χ1v) is 4.90. The highest BCUT2D eigenvalue weighted by Gasteiger charge is 2.00. The highest BCUT2D eigenvalue weighted by Crippen LogP contribution is 2.16. The van der Waals surface area contributed by atoms with E-state index in [4.69, 9.17) is 5.73 Å². The van der Waals surface area contributed by atoms with Crippen molar-refractivity contribution in [2.75, 3.05) is 5.73 Å². The second-order valence-corrected chi connectivity index (χ2v) is 3.79. The third-order valence-electron chi connectivity index (χ3n) is 1.76. The summed E-state index contributed by atoms with van der Waals surface area (Å²) in [6.45, 7) is 0. The lowest BCUT2D eigenvalue weighted by Gasteiger charge is -1.99. The molecule has 0 unspecified atom stereocenters. The van der Waals surface area contributed by atoms with E-state index in [9.17, 15) is 4.79 Å². The standard InChI is InChI=1S/C10H8N2OS/c11-10-12-8(6-9(13)14-10)7-4-2-1-3-5-7/h1-6H,(H2,11,12). The molecule has 4 heteroatoms. The van der Waals surface area contributed by atoms with Crippen LogP contribution in [0.15, 0.2) is 41.2 Å². The molecule has 0 amide bonds. The summed E-state index contributed by atoms with van der Waals surface area (Å²) in [5, 5.41) is 0.302. The molecule has 1 aromatic heterocycles. The minimum absolute atomic E-state index is 0.0728. The molecule has 0 bridgehead atoms. The van der Waals surface area contributed by atoms with Gasteiger partial charge < -0.3 is 5.73 Å². The molecule has 0 saturated carbocycles. The van der Waals surface area contributed by atoms with Crippen molar-refractivity contribution in [2.45, 2.75) is 0 Å². The van der Waals surface area contributed by atoms with Crippen molar-refractivity contribution in [1.82, 2.24) is 4.98 Å². The average Bonchev–Trinajstić information content (AvgIpc) is 2.18. The summed E-state index contributed by atoms with van der Waals surface area (Å²) >= 11 is 0.952. The topological polar surface area (TPSA) is 56.0 Å². The van der Waals surface area contributed by atoms with E-state index in [1.165, 1.54) is 6.07 Å². The molecule has 14 heavy (non-hydrogen) atoms. The Balaban J connectivity index is 2.58. The van der Waals surface area contributed by atoms with Crippen molar-refractivity contribution in [3.63, 3.8) is 0 Å². The number of hydrogen-bond acceptors (Lipinski definition) is 4. The van der Waals surface area contributed by atoms with E-state index < -0.39 is 0 Å². The summed E-state index contributed by atoms with van der Waals surface area (Å²) in [6, 6.07) is 11.0. The molecule has 1 heterocycles. The van der Waals surface area contributed by atoms with Crippen LogP contribution in [0, 0.1) is 0 Å². The largest absolute Gasteiger partial charge is 0.375 e. The number of nitrogens with zero attached hydrogens (tertiary/aromatic N) is 1. The van der Waals surface area contributed by atoms with E-state index in [2.05, 4.69) is 4.98 Å². The van der Waals surface area contributed by atoms with Crippen LogP contribution in [-0.4, -0.2) is 4.98 Å². The van der Waals surface area contributed by atoms with Crippen LogP contribution >= 0.6 is 11.3 Å². The Kier molecular flexibility index (Phi) is 2.28. The molecular formula is C10H8N2OS. The molecule has 2 aromatic rings. The Morgan fingerprint density at radius 2 is 1.93 bits per heavy atom. The molecule has 0 aliphatic rings. The van der Waals surface area contributed by atoms with Gasteiger partial charge in [0.05, 0.1) is 5.69 Å². The van der Waals surface area contributed by atoms with Gasteiger partial charge in [0, 0.05) is 11.6 Å². The smallest absolute Gasteiger partial charge is 0.237 e. The maximum Gasteiger partial charge on any atom is 0.237 e. The summed E-state index contributed by atoms with van der Waals surface area (Å²) in [7, 11) is 0. The molecule has 0 fully saturated rings. The number of anilines is 1. The van der Waals surface area contributed by atoms with Gasteiger partial charge in [0.1, 0.15) is 0 Å². The lowest BCUT2D eigenvalue weighted by atomic mass is 10.1. The monoisotopic (exact) mass is 204 g/mol. The van der Waals surface area contributed by atoms with Crippen LogP contribution in [-0.2, 0) is 0 Å². The molecule has 70 valence electrons. The van der Waals surface area contributed by atoms with Crippen molar-refractivity contribution in [3.05, 3.63) is 45.9 Å². The van der Waals surface area contributed by atoms with Crippen LogP contribution in [0.4, 0.5) is 5.13 Å². The lowest BCUT2D eigenvalue weighted by Crippen LogP contribution is -1.99. The highest BCUT2D eigenvalue weighted by molar-refractivity contribution is 7.12. The van der Waals surface area contributed by atoms with Crippen molar-refractivity contribution in [2.24, 2.45) is 0 Å². The van der Waals surface area contributed by atoms with Crippen LogP contribution in [0.2, 0.25) is 0 Å². The number of benzene rings is 1. The molecule has 3 nitrogen and oxygen atoms in total. The van der Waals surface area contributed by atoms with Crippen molar-refractivity contribution >= 4 is 16.5 Å². The normalized spacial score (nSPS) is 10.0. The van der Waals surface area contributed by atoms with E-state index in [0.29, 0.717) is 10.8 Å². The van der Waals surface area contributed by atoms with E-state index in [-0.39, 0.29) is 4.74 Å². The Bertz CT molecular complexity index is 493. The first kappa shape index (κ1) is 8.90. The zero-order valence-electron chi connectivity index (χ0n) is 7.31. The minimum Gasteiger partial charge on any atom is -0.375 e. The highest BCUT2D eigenvalue weighted by atomic mass is 32.1. The number of hydrogen-bond donors (Lipinski definition) is 1. The number of nitrogen functional groups attached to an aromatic ring is 1. The van der Waals surface area contributed by atoms with Crippen LogP contribution in [0.5, 0.6) is 0 Å². The summed E-state index contributed by atoms with van der Waals surface area (Å²) in [6.07, 6.45) is 0. The van der Waals surface area contributed by atoms with E-state index in [1.54, 1.807) is 0 Å². The van der Waals surface area contributed by atoms with Gasteiger partial charge in [0.15, 0.2) is 5.13 Å². The Labute approximate surface area is 84.9 Å². The van der Waals surface area contributed by atoms with Crippen molar-refractivity contribution in [1.29, 1.82) is 0 Å². The SMILES string of the molecule is Nc1nc(-c2ccccc2)cc(=O)s1. The van der Waals surface area contributed by atoms with Crippen molar-refractivity contribution in [3.8, 4) is 11.3 Å². The predicted octanol–water partition coefficient (Wildman–Crippen LogP) is 1.75. The summed E-state index contributed by atoms with van der Waals surface area (Å²) in [5.74, 6) is 0. The molecule has 2 rings (SSSR count). The molecule has 0 radical (unpaired) electrons. The zero-order valence-corrected chi connectivity index (χ0v) is 8.12. The van der Waals surface area contributed by atoms with Gasteiger partial charge in [-0.15, -0.1) is 0 Å². The second kappa shape index (κ2) is 3.59. The summed E-state index contributed by atoms with van der Waals surface area (Å²) < 4.78 is -0.0728. The molecule has 0 saturated heterocycles. The lowest BCUT2D eigenvalue weighted by molar-refractivity contribution is 1.37. The maximum absolute atomic E-state index is 11.2. The number of nitrogens with two attached hydrogens (primary N) is 1. The quantitative estimate of drug-likeness (QED) is 0.770. The predicted molar refractivity (Wildman–Crippen MR) is 58.2 cm³/mol. The molecule has 0 atom stereocenters. The van der Waals surface area contributed by atoms with E-state index >= 15 is 0 Å². The molecular weight excluding hydrogens is 196 g/mol. The zero-order chi connectivity index (χ0) is 9.97. The summed E-state index contributed by atoms with van der Waals surface area (Å²) in [5.41, 5.74) is 7.04. The third-order valence-corrected chi connectivity index (χ3v) is 2.38. The number of aromatic nitrogens is 1. The van der Waals surface area contributed by atoms with E-state index in [1.807, 2.05) is 30.3 Å². The minimum atomic E-state index is -0.0728. The molecule has 1 aromatic carbocycles. The fourth-order valence-electron chi connectivity index (χ4n) is 1.17. The number of rotatable bonds is 1. The molecule has 2 N–H and O–H groups in total. The summed E-state index contributed by atoms with van der Waals surface area (Å²) in [4.78, 5) is 15.3. The third kappa shape index (κ3) is 1.80. The van der Waals surface area contributed by atoms with Gasteiger partial charge in [-0.05, 0) is 0 Å². The molecule has 0 aliphatic carbocycles. The second-order valence-electron chi connectivity index (χ2n) is 2.77. The van der Waals surface area contributed by atoms with Crippen LogP contribution < -0.4 is 10.5 Å². The van der Waals surface area contributed by atoms with E-state index in [0.717, 1.165) is 16.9 Å². The molecule has 0 spiro atoms. The average molecular weight is 204 g/mol. The van der Waals surface area contributed by atoms with Gasteiger partial charge in [0.2, 0.25) is 4.74 Å². The fraction of sp³-hybridized carbons (Fsp3) is 0. The molecule has 0 aliphatic heterocycles. The fourth-order valence-corrected chi connectivity index (χ4v) is 1.70. The van der Waals surface area contributed by atoms with Gasteiger partial charge >= 0.3 is 0 Å². The van der Waals surface area contributed by atoms with Gasteiger partial charge in [-0.2, -0.15) is 0 Å². The first-order valence-electron chi connectivity index (χ1n) is 4.09. The Morgan fingerprint density at radius 3 is 2.57 bits per heavy atom.